The number of imidazole rings is 1. The predicted molar refractivity (Wildman–Crippen MR) is 120 cm³/mol. The van der Waals surface area contributed by atoms with Crippen LogP contribution in [0.5, 0.6) is 0 Å². The van der Waals surface area contributed by atoms with Gasteiger partial charge in [0.15, 0.2) is 23.2 Å². The summed E-state index contributed by atoms with van der Waals surface area (Å²) in [6, 6.07) is 8.14. The molecule has 1 unspecified atom stereocenters. The SMILES string of the molecule is Cc1nc(NO)c2ncn([C@@H]3O[C@H](COC(Cc4ccccc4)(C(=O)O)C(=O)O)C(O)C[C@H]3O)c2n1. The van der Waals surface area contributed by atoms with E-state index in [4.69, 9.17) is 9.47 Å². The third-order valence-corrected chi connectivity index (χ3v) is 5.95. The van der Waals surface area contributed by atoms with Crippen molar-refractivity contribution in [1.29, 1.82) is 0 Å². The summed E-state index contributed by atoms with van der Waals surface area (Å²) in [6.07, 6.45) is -4.17. The lowest BCUT2D eigenvalue weighted by molar-refractivity contribution is -0.226. The van der Waals surface area contributed by atoms with Crippen LogP contribution in [-0.4, -0.2) is 87.6 Å². The average molecular weight is 503 g/mol. The van der Waals surface area contributed by atoms with E-state index in [2.05, 4.69) is 15.0 Å². The molecule has 0 saturated carbocycles. The molecule has 3 heterocycles. The Labute approximate surface area is 203 Å². The van der Waals surface area contributed by atoms with Crippen molar-refractivity contribution in [1.82, 2.24) is 19.5 Å². The van der Waals surface area contributed by atoms with Gasteiger partial charge in [-0.25, -0.2) is 24.5 Å². The minimum absolute atomic E-state index is 0.0371. The van der Waals surface area contributed by atoms with Crippen molar-refractivity contribution < 1.29 is 44.7 Å². The van der Waals surface area contributed by atoms with Crippen LogP contribution in [-0.2, 0) is 25.5 Å². The second-order valence-electron chi connectivity index (χ2n) is 8.40. The fraction of sp³-hybridized carbons (Fsp3) is 0.409. The molecule has 0 spiro atoms. The Bertz CT molecular complexity index is 1240. The number of rotatable bonds is 9. The molecule has 2 aromatic heterocycles. The quantitative estimate of drug-likeness (QED) is 0.169. The smallest absolute Gasteiger partial charge is 0.348 e. The first-order valence-electron chi connectivity index (χ1n) is 10.9. The maximum atomic E-state index is 12.1. The molecule has 0 bridgehead atoms. The number of ether oxygens (including phenoxy) is 2. The Balaban J connectivity index is 1.59. The number of anilines is 1. The Hall–Kier alpha value is -3.69. The van der Waals surface area contributed by atoms with Gasteiger partial charge in [0, 0.05) is 12.8 Å². The van der Waals surface area contributed by atoms with E-state index in [0.717, 1.165) is 0 Å². The Morgan fingerprint density at radius 1 is 1.17 bits per heavy atom. The molecule has 0 radical (unpaired) electrons. The summed E-state index contributed by atoms with van der Waals surface area (Å²) in [5, 5.41) is 50.0. The van der Waals surface area contributed by atoms with Crippen molar-refractivity contribution in [2.45, 2.75) is 49.9 Å². The maximum Gasteiger partial charge on any atom is 0.348 e. The summed E-state index contributed by atoms with van der Waals surface area (Å²) in [6.45, 7) is 0.986. The van der Waals surface area contributed by atoms with Crippen LogP contribution in [0.1, 0.15) is 24.0 Å². The summed E-state index contributed by atoms with van der Waals surface area (Å²) in [7, 11) is 0. The van der Waals surface area contributed by atoms with E-state index in [9.17, 15) is 35.2 Å². The van der Waals surface area contributed by atoms with Gasteiger partial charge in [-0.1, -0.05) is 30.3 Å². The van der Waals surface area contributed by atoms with Crippen LogP contribution in [0, 0.1) is 6.92 Å². The van der Waals surface area contributed by atoms with Crippen LogP contribution in [0.15, 0.2) is 36.7 Å². The molecule has 192 valence electrons. The lowest BCUT2D eigenvalue weighted by atomic mass is 9.94. The summed E-state index contributed by atoms with van der Waals surface area (Å²) >= 11 is 0. The van der Waals surface area contributed by atoms with E-state index in [-0.39, 0.29) is 23.4 Å². The standard InChI is InChI=1S/C22H25N5O9/c1-11-24-17(26-34)16-18(25-11)27(10-23-16)19-14(29)7-13(28)15(36-19)9-35-22(20(30)31,21(32)33)8-12-5-3-2-4-6-12/h2-6,10,13-15,19,28-29,34H,7-9H2,1H3,(H,30,31)(H,32,33)(H,24,25,26)/t13?,14-,15-,19-/m1/s1. The highest BCUT2D eigenvalue weighted by molar-refractivity contribution is 6.02. The van der Waals surface area contributed by atoms with Gasteiger partial charge in [0.2, 0.25) is 0 Å². The largest absolute Gasteiger partial charge is 0.479 e. The average Bonchev–Trinajstić information content (AvgIpc) is 3.25. The highest BCUT2D eigenvalue weighted by Crippen LogP contribution is 2.32. The molecule has 1 fully saturated rings. The maximum absolute atomic E-state index is 12.1. The van der Waals surface area contributed by atoms with Crippen molar-refractivity contribution in [3.8, 4) is 0 Å². The van der Waals surface area contributed by atoms with Crippen LogP contribution in [0.25, 0.3) is 11.2 Å². The van der Waals surface area contributed by atoms with Gasteiger partial charge in [0.1, 0.15) is 18.0 Å². The van der Waals surface area contributed by atoms with Crippen molar-refractivity contribution in [2.75, 3.05) is 12.1 Å². The number of aliphatic hydroxyl groups excluding tert-OH is 2. The van der Waals surface area contributed by atoms with Gasteiger partial charge >= 0.3 is 11.9 Å². The van der Waals surface area contributed by atoms with Crippen LogP contribution < -0.4 is 5.48 Å². The monoisotopic (exact) mass is 503 g/mol. The molecule has 14 heteroatoms. The Kier molecular flexibility index (Phi) is 7.14. The summed E-state index contributed by atoms with van der Waals surface area (Å²) in [4.78, 5) is 36.6. The second kappa shape index (κ2) is 10.1. The first kappa shape index (κ1) is 25.4. The van der Waals surface area contributed by atoms with Crippen molar-refractivity contribution in [2.24, 2.45) is 0 Å². The molecule has 1 aromatic carbocycles. The zero-order valence-corrected chi connectivity index (χ0v) is 19.1. The second-order valence-corrected chi connectivity index (χ2v) is 8.40. The third-order valence-electron chi connectivity index (χ3n) is 5.95. The molecule has 36 heavy (non-hydrogen) atoms. The molecule has 0 aliphatic carbocycles. The van der Waals surface area contributed by atoms with E-state index < -0.39 is 55.1 Å². The first-order chi connectivity index (χ1) is 17.2. The van der Waals surface area contributed by atoms with E-state index in [0.29, 0.717) is 11.4 Å². The van der Waals surface area contributed by atoms with Gasteiger partial charge in [0.25, 0.3) is 5.60 Å². The Morgan fingerprint density at radius 3 is 2.50 bits per heavy atom. The first-order valence-corrected chi connectivity index (χ1v) is 10.9. The van der Waals surface area contributed by atoms with E-state index in [1.165, 1.54) is 10.9 Å². The molecule has 1 aliphatic rings. The van der Waals surface area contributed by atoms with Gasteiger partial charge in [-0.3, -0.25) is 15.3 Å². The highest BCUT2D eigenvalue weighted by atomic mass is 16.6. The summed E-state index contributed by atoms with van der Waals surface area (Å²) in [5.74, 6) is -3.09. The summed E-state index contributed by atoms with van der Waals surface area (Å²) < 4.78 is 12.7. The normalized spacial score (nSPS) is 22.4. The topological polar surface area (TPSA) is 209 Å². The molecule has 0 amide bonds. The molecular weight excluding hydrogens is 478 g/mol. The van der Waals surface area contributed by atoms with Crippen LogP contribution in [0.3, 0.4) is 0 Å². The van der Waals surface area contributed by atoms with Gasteiger partial charge in [-0.2, -0.15) is 0 Å². The molecule has 14 nitrogen and oxygen atoms in total. The number of aromatic nitrogens is 4. The molecule has 4 rings (SSSR count). The molecule has 1 aliphatic heterocycles. The number of hydrogen-bond donors (Lipinski definition) is 6. The van der Waals surface area contributed by atoms with Crippen molar-refractivity contribution >= 4 is 28.9 Å². The van der Waals surface area contributed by atoms with Crippen LogP contribution in [0.2, 0.25) is 0 Å². The number of carbonyl (C=O) groups is 2. The molecule has 6 N–H and O–H groups in total. The molecule has 4 atom stereocenters. The fourth-order valence-corrected chi connectivity index (χ4v) is 4.09. The number of carboxylic acid groups (broad SMARTS) is 2. The number of nitrogens with one attached hydrogen (secondary N) is 1. The van der Waals surface area contributed by atoms with E-state index in [1.54, 1.807) is 37.3 Å². The number of hydrogen-bond acceptors (Lipinski definition) is 11. The van der Waals surface area contributed by atoms with Crippen molar-refractivity contribution in [3.63, 3.8) is 0 Å². The predicted octanol–water partition coefficient (Wildman–Crippen LogP) is 0.112. The van der Waals surface area contributed by atoms with Gasteiger partial charge in [0.05, 0.1) is 19.0 Å². The highest BCUT2D eigenvalue weighted by Gasteiger charge is 2.50. The van der Waals surface area contributed by atoms with Crippen LogP contribution in [0.4, 0.5) is 5.82 Å². The zero-order valence-electron chi connectivity index (χ0n) is 19.1. The lowest BCUT2D eigenvalue weighted by Gasteiger charge is -2.38. The van der Waals surface area contributed by atoms with Crippen molar-refractivity contribution in [3.05, 3.63) is 48.0 Å². The number of benzene rings is 1. The summed E-state index contributed by atoms with van der Waals surface area (Å²) in [5.41, 5.74) is 0.128. The van der Waals surface area contributed by atoms with Gasteiger partial charge in [-0.15, -0.1) is 0 Å². The number of aryl methyl sites for hydroxylation is 1. The van der Waals surface area contributed by atoms with Gasteiger partial charge < -0.3 is 29.9 Å². The Morgan fingerprint density at radius 2 is 1.86 bits per heavy atom. The number of aliphatic hydroxyl groups is 2. The number of nitrogens with zero attached hydrogens (tertiary/aromatic N) is 4. The molecule has 1 saturated heterocycles. The minimum atomic E-state index is -2.64. The van der Waals surface area contributed by atoms with Crippen LogP contribution >= 0.6 is 0 Å². The van der Waals surface area contributed by atoms with E-state index >= 15 is 0 Å². The molecular formula is C22H25N5O9. The lowest BCUT2D eigenvalue weighted by Crippen LogP contribution is -2.54. The third kappa shape index (κ3) is 4.72. The number of fused-ring (bicyclic) bond motifs is 1. The number of carboxylic acids is 2. The fourth-order valence-electron chi connectivity index (χ4n) is 4.09. The molecule has 3 aromatic rings. The number of aliphatic carboxylic acids is 2. The van der Waals surface area contributed by atoms with Gasteiger partial charge in [-0.05, 0) is 12.5 Å². The zero-order chi connectivity index (χ0) is 26.0. The minimum Gasteiger partial charge on any atom is -0.479 e. The van der Waals surface area contributed by atoms with E-state index in [1.807, 2.05) is 5.48 Å².